The summed E-state index contributed by atoms with van der Waals surface area (Å²) in [6.07, 6.45) is 1.96. The number of thiazole rings is 1. The highest BCUT2D eigenvalue weighted by molar-refractivity contribution is 7.11. The summed E-state index contributed by atoms with van der Waals surface area (Å²) in [5.41, 5.74) is 0.304. The molecular formula is C13H20N2O3S. The van der Waals surface area contributed by atoms with Crippen molar-refractivity contribution in [1.82, 2.24) is 9.88 Å². The number of aromatic nitrogens is 1. The van der Waals surface area contributed by atoms with Crippen LogP contribution >= 0.6 is 11.3 Å². The Morgan fingerprint density at radius 2 is 2.16 bits per heavy atom. The first kappa shape index (κ1) is 15.6. The van der Waals surface area contributed by atoms with Gasteiger partial charge in [0, 0.05) is 18.5 Å². The molecule has 0 saturated carbocycles. The van der Waals surface area contributed by atoms with Gasteiger partial charge >= 0.3 is 5.97 Å². The van der Waals surface area contributed by atoms with Crippen LogP contribution in [-0.4, -0.2) is 41.5 Å². The number of carbonyl (C=O) groups is 2. The van der Waals surface area contributed by atoms with Crippen LogP contribution in [0.1, 0.15) is 53.9 Å². The Bertz CT molecular complexity index is 445. The molecule has 0 radical (unpaired) electrons. The molecule has 0 saturated heterocycles. The second-order valence-corrected chi connectivity index (χ2v) is 5.17. The summed E-state index contributed by atoms with van der Waals surface area (Å²) in [5.74, 6) is -0.636. The standard InChI is InChI=1S/C13H20N2O3S/c1-5-7-9(3)15(4)12(16)10-8-19-11(14-10)13(17)18-6-2/h8-9H,5-7H2,1-4H3. The van der Waals surface area contributed by atoms with Crippen LogP contribution in [0.2, 0.25) is 0 Å². The largest absolute Gasteiger partial charge is 0.461 e. The van der Waals surface area contributed by atoms with Gasteiger partial charge in [-0.15, -0.1) is 11.3 Å². The quantitative estimate of drug-likeness (QED) is 0.753. The predicted molar refractivity (Wildman–Crippen MR) is 74.5 cm³/mol. The van der Waals surface area contributed by atoms with Crippen molar-refractivity contribution >= 4 is 23.2 Å². The molecule has 1 aromatic rings. The third kappa shape index (κ3) is 4.02. The van der Waals surface area contributed by atoms with Crippen LogP contribution in [0.4, 0.5) is 0 Å². The molecule has 0 N–H and O–H groups in total. The first-order valence-electron chi connectivity index (χ1n) is 6.41. The molecule has 6 heteroatoms. The molecule has 19 heavy (non-hydrogen) atoms. The van der Waals surface area contributed by atoms with Crippen LogP contribution in [0.3, 0.4) is 0 Å². The minimum Gasteiger partial charge on any atom is -0.461 e. The lowest BCUT2D eigenvalue weighted by molar-refractivity contribution is 0.0526. The topological polar surface area (TPSA) is 59.5 Å². The van der Waals surface area contributed by atoms with Crippen LogP contribution in [0.25, 0.3) is 0 Å². The fraction of sp³-hybridized carbons (Fsp3) is 0.615. The van der Waals surface area contributed by atoms with Crippen molar-refractivity contribution in [3.05, 3.63) is 16.1 Å². The molecule has 0 aliphatic rings. The highest BCUT2D eigenvalue weighted by Gasteiger charge is 2.21. The van der Waals surface area contributed by atoms with Crippen molar-refractivity contribution in [2.24, 2.45) is 0 Å². The molecule has 1 rings (SSSR count). The van der Waals surface area contributed by atoms with Crippen molar-refractivity contribution in [3.8, 4) is 0 Å². The lowest BCUT2D eigenvalue weighted by atomic mass is 10.1. The van der Waals surface area contributed by atoms with Crippen molar-refractivity contribution in [2.45, 2.75) is 39.7 Å². The van der Waals surface area contributed by atoms with Gasteiger partial charge in [-0.05, 0) is 20.3 Å². The molecule has 0 aliphatic heterocycles. The van der Waals surface area contributed by atoms with Gasteiger partial charge in [0.1, 0.15) is 5.69 Å². The van der Waals surface area contributed by atoms with Gasteiger partial charge in [0.2, 0.25) is 5.01 Å². The Morgan fingerprint density at radius 1 is 1.47 bits per heavy atom. The zero-order valence-corrected chi connectivity index (χ0v) is 12.6. The Labute approximate surface area is 117 Å². The normalized spacial score (nSPS) is 12.0. The summed E-state index contributed by atoms with van der Waals surface area (Å²) in [5, 5.41) is 1.82. The zero-order valence-electron chi connectivity index (χ0n) is 11.8. The summed E-state index contributed by atoms with van der Waals surface area (Å²) >= 11 is 1.14. The monoisotopic (exact) mass is 284 g/mol. The fourth-order valence-corrected chi connectivity index (χ4v) is 2.33. The highest BCUT2D eigenvalue weighted by atomic mass is 32.1. The van der Waals surface area contributed by atoms with Gasteiger partial charge in [-0.1, -0.05) is 13.3 Å². The number of hydrogen-bond acceptors (Lipinski definition) is 5. The van der Waals surface area contributed by atoms with Gasteiger partial charge in [0.25, 0.3) is 5.91 Å². The average Bonchev–Trinajstić information content (AvgIpc) is 2.87. The molecule has 1 aromatic heterocycles. The molecule has 1 amide bonds. The smallest absolute Gasteiger partial charge is 0.367 e. The summed E-state index contributed by atoms with van der Waals surface area (Å²) in [7, 11) is 1.76. The number of nitrogens with zero attached hydrogens (tertiary/aromatic N) is 2. The lowest BCUT2D eigenvalue weighted by Crippen LogP contribution is -2.35. The minimum absolute atomic E-state index is 0.158. The predicted octanol–water partition coefficient (Wildman–Crippen LogP) is 2.58. The van der Waals surface area contributed by atoms with Gasteiger partial charge in [0.05, 0.1) is 6.61 Å². The number of carbonyl (C=O) groups excluding carboxylic acids is 2. The van der Waals surface area contributed by atoms with Gasteiger partial charge in [-0.25, -0.2) is 9.78 Å². The van der Waals surface area contributed by atoms with Crippen molar-refractivity contribution in [2.75, 3.05) is 13.7 Å². The molecule has 0 aromatic carbocycles. The Kier molecular flexibility index (Phi) is 5.95. The van der Waals surface area contributed by atoms with Crippen molar-refractivity contribution < 1.29 is 14.3 Å². The highest BCUT2D eigenvalue weighted by Crippen LogP contribution is 2.15. The minimum atomic E-state index is -0.476. The molecule has 5 nitrogen and oxygen atoms in total. The Balaban J connectivity index is 2.75. The van der Waals surface area contributed by atoms with Gasteiger partial charge in [-0.3, -0.25) is 4.79 Å². The van der Waals surface area contributed by atoms with Crippen LogP contribution in [0, 0.1) is 0 Å². The fourth-order valence-electron chi connectivity index (χ4n) is 1.65. The molecule has 0 spiro atoms. The molecule has 0 fully saturated rings. The average molecular weight is 284 g/mol. The maximum absolute atomic E-state index is 12.2. The molecule has 1 unspecified atom stereocenters. The maximum atomic E-state index is 12.2. The third-order valence-electron chi connectivity index (χ3n) is 2.86. The van der Waals surface area contributed by atoms with E-state index in [0.29, 0.717) is 12.3 Å². The van der Waals surface area contributed by atoms with Gasteiger partial charge < -0.3 is 9.64 Å². The number of amides is 1. The van der Waals surface area contributed by atoms with Crippen LogP contribution in [0.5, 0.6) is 0 Å². The first-order chi connectivity index (χ1) is 9.01. The molecule has 1 heterocycles. The molecule has 0 aliphatic carbocycles. The van der Waals surface area contributed by atoms with E-state index < -0.39 is 5.97 Å². The van der Waals surface area contributed by atoms with Gasteiger partial charge in [-0.2, -0.15) is 0 Å². The molecule has 106 valence electrons. The van der Waals surface area contributed by atoms with E-state index in [4.69, 9.17) is 4.74 Å². The molecule has 1 atom stereocenters. The lowest BCUT2D eigenvalue weighted by Gasteiger charge is -2.23. The van der Waals surface area contributed by atoms with E-state index >= 15 is 0 Å². The number of esters is 1. The summed E-state index contributed by atoms with van der Waals surface area (Å²) in [4.78, 5) is 29.4. The summed E-state index contributed by atoms with van der Waals surface area (Å²) in [6.45, 7) is 6.11. The molecule has 0 bridgehead atoms. The van der Waals surface area contributed by atoms with Crippen LogP contribution in [0.15, 0.2) is 5.38 Å². The number of rotatable bonds is 6. The maximum Gasteiger partial charge on any atom is 0.367 e. The summed E-state index contributed by atoms with van der Waals surface area (Å²) < 4.78 is 4.85. The SMILES string of the molecule is CCCC(C)N(C)C(=O)c1csc(C(=O)OCC)n1. The first-order valence-corrected chi connectivity index (χ1v) is 7.29. The van der Waals surface area contributed by atoms with E-state index in [9.17, 15) is 9.59 Å². The van der Waals surface area contributed by atoms with E-state index in [1.807, 2.05) is 6.92 Å². The van der Waals surface area contributed by atoms with E-state index in [1.165, 1.54) is 0 Å². The zero-order chi connectivity index (χ0) is 14.4. The van der Waals surface area contributed by atoms with Crippen molar-refractivity contribution in [3.63, 3.8) is 0 Å². The second-order valence-electron chi connectivity index (χ2n) is 4.31. The summed E-state index contributed by atoms with van der Waals surface area (Å²) in [6, 6.07) is 0.158. The number of ether oxygens (including phenoxy) is 1. The number of hydrogen-bond donors (Lipinski definition) is 0. The van der Waals surface area contributed by atoms with Crippen LogP contribution < -0.4 is 0 Å². The Hall–Kier alpha value is -1.43. The third-order valence-corrected chi connectivity index (χ3v) is 3.68. The van der Waals surface area contributed by atoms with E-state index in [-0.39, 0.29) is 17.0 Å². The molecular weight excluding hydrogens is 264 g/mol. The second kappa shape index (κ2) is 7.23. The van der Waals surface area contributed by atoms with Gasteiger partial charge in [0.15, 0.2) is 0 Å². The van der Waals surface area contributed by atoms with Crippen molar-refractivity contribution in [1.29, 1.82) is 0 Å². The van der Waals surface area contributed by atoms with E-state index in [0.717, 1.165) is 24.2 Å². The Morgan fingerprint density at radius 3 is 2.74 bits per heavy atom. The van der Waals surface area contributed by atoms with E-state index in [1.54, 1.807) is 24.3 Å². The van der Waals surface area contributed by atoms with E-state index in [2.05, 4.69) is 11.9 Å². The van der Waals surface area contributed by atoms with Crippen LogP contribution in [-0.2, 0) is 4.74 Å².